The number of nitrogens with one attached hydrogen (secondary N) is 1. The van der Waals surface area contributed by atoms with Crippen LogP contribution in [0.5, 0.6) is 0 Å². The Morgan fingerprint density at radius 2 is 1.93 bits per heavy atom. The van der Waals surface area contributed by atoms with Crippen LogP contribution in [0, 0.1) is 5.92 Å². The van der Waals surface area contributed by atoms with Crippen molar-refractivity contribution < 1.29 is 19.8 Å². The molecule has 9 nitrogen and oxygen atoms in total. The lowest BCUT2D eigenvalue weighted by molar-refractivity contribution is -0.139. The Hall–Kier alpha value is -4.31. The van der Waals surface area contributed by atoms with Gasteiger partial charge in [0, 0.05) is 53.5 Å². The van der Waals surface area contributed by atoms with E-state index in [1.54, 1.807) is 71.2 Å². The molecule has 1 aromatic heterocycles. The van der Waals surface area contributed by atoms with Gasteiger partial charge in [0.15, 0.2) is 5.60 Å². The number of hydrogen-bond donors (Lipinski definition) is 3. The number of hydrogen-bond acceptors (Lipinski definition) is 6. The summed E-state index contributed by atoms with van der Waals surface area (Å²) in [7, 11) is 0. The van der Waals surface area contributed by atoms with Crippen LogP contribution in [0.1, 0.15) is 40.5 Å². The van der Waals surface area contributed by atoms with Gasteiger partial charge in [-0.05, 0) is 54.4 Å². The molecule has 1 aliphatic rings. The number of carbonyl (C=O) groups excluding carboxylic acids is 2. The van der Waals surface area contributed by atoms with Crippen molar-refractivity contribution in [2.24, 2.45) is 5.92 Å². The van der Waals surface area contributed by atoms with Gasteiger partial charge >= 0.3 is 0 Å². The van der Waals surface area contributed by atoms with Crippen LogP contribution < -0.4 is 10.2 Å². The summed E-state index contributed by atoms with van der Waals surface area (Å²) in [6, 6.07) is 21.3. The van der Waals surface area contributed by atoms with E-state index in [2.05, 4.69) is 15.6 Å². The number of carbonyl (C=O) groups is 2. The van der Waals surface area contributed by atoms with Crippen molar-refractivity contribution in [3.05, 3.63) is 119 Å². The quantitative estimate of drug-likeness (QED) is 0.219. The lowest BCUT2D eigenvalue weighted by atomic mass is 9.83. The molecule has 4 aromatic rings. The van der Waals surface area contributed by atoms with E-state index >= 15 is 0 Å². The predicted molar refractivity (Wildman–Crippen MR) is 161 cm³/mol. The first-order valence-electron chi connectivity index (χ1n) is 13.8. The highest BCUT2D eigenvalue weighted by molar-refractivity contribution is 6.31. The van der Waals surface area contributed by atoms with Crippen LogP contribution in [0.4, 0.5) is 11.4 Å². The van der Waals surface area contributed by atoms with Gasteiger partial charge in [-0.15, -0.1) is 5.10 Å². The van der Waals surface area contributed by atoms with Gasteiger partial charge < -0.3 is 20.4 Å². The number of amides is 2. The molecule has 3 aromatic carbocycles. The minimum atomic E-state index is -1.81. The fraction of sp³-hybridized carbons (Fsp3) is 0.250. The molecule has 0 saturated carbocycles. The van der Waals surface area contributed by atoms with Gasteiger partial charge in [0.1, 0.15) is 0 Å². The zero-order chi connectivity index (χ0) is 29.7. The number of aliphatic hydroxyl groups excluding tert-OH is 1. The van der Waals surface area contributed by atoms with Crippen molar-refractivity contribution in [1.82, 2.24) is 15.0 Å². The highest BCUT2D eigenvalue weighted by Gasteiger charge is 2.52. The van der Waals surface area contributed by atoms with Gasteiger partial charge in [-0.3, -0.25) is 14.3 Å². The third-order valence-electron chi connectivity index (χ3n) is 7.36. The number of rotatable bonds is 11. The van der Waals surface area contributed by atoms with E-state index in [0.29, 0.717) is 46.9 Å². The molecule has 3 N–H and O–H groups in total. The third-order valence-corrected chi connectivity index (χ3v) is 7.59. The monoisotopic (exact) mass is 585 g/mol. The van der Waals surface area contributed by atoms with Gasteiger partial charge in [-0.1, -0.05) is 66.2 Å². The molecule has 2 atom stereocenters. The third kappa shape index (κ3) is 6.13. The van der Waals surface area contributed by atoms with Gasteiger partial charge in [0.05, 0.1) is 17.9 Å². The smallest absolute Gasteiger partial charge is 0.264 e. The van der Waals surface area contributed by atoms with Crippen molar-refractivity contribution in [1.29, 1.82) is 0 Å². The van der Waals surface area contributed by atoms with E-state index in [1.165, 1.54) is 0 Å². The molecule has 2 amide bonds. The average Bonchev–Trinajstić information content (AvgIpc) is 3.52. The number of anilines is 2. The molecule has 0 aliphatic carbocycles. The Kier molecular flexibility index (Phi) is 8.82. The molecule has 0 saturated heterocycles. The average molecular weight is 586 g/mol. The van der Waals surface area contributed by atoms with Gasteiger partial charge in [0.25, 0.3) is 11.8 Å². The van der Waals surface area contributed by atoms with Crippen molar-refractivity contribution in [2.45, 2.75) is 38.5 Å². The topological polar surface area (TPSA) is 121 Å². The lowest BCUT2D eigenvalue weighted by Gasteiger charge is -2.27. The van der Waals surface area contributed by atoms with Crippen LogP contribution in [-0.2, 0) is 29.9 Å². The van der Waals surface area contributed by atoms with E-state index < -0.39 is 17.4 Å². The largest absolute Gasteiger partial charge is 0.396 e. The number of aromatic nitrogens is 3. The summed E-state index contributed by atoms with van der Waals surface area (Å²) >= 11 is 6.32. The molecule has 0 bridgehead atoms. The molecule has 42 heavy (non-hydrogen) atoms. The van der Waals surface area contributed by atoms with E-state index in [4.69, 9.17) is 16.7 Å². The van der Waals surface area contributed by atoms with Gasteiger partial charge in [-0.2, -0.15) is 0 Å². The second-order valence-electron chi connectivity index (χ2n) is 10.3. The fourth-order valence-electron chi connectivity index (χ4n) is 5.12. The fourth-order valence-corrected chi connectivity index (χ4v) is 5.29. The Morgan fingerprint density at radius 1 is 1.12 bits per heavy atom. The standard InChI is InChI=1S/C32H32ClN5O4/c1-22(8-5-6-16-37-21-27(15-17-39)35-36-37)32(42)28-19-25(33)13-14-29(28)38(31(32)41)20-23-9-7-12-26(18-23)34-30(40)24-10-3-2-4-11-24/h2-5,7-14,18-19,21-22,39,42H,6,15-17,20H2,1H3,(H,34,40)/b8-5+/t22-,32+/m0/s1. The van der Waals surface area contributed by atoms with Gasteiger partial charge in [-0.25, -0.2) is 0 Å². The first-order valence-corrected chi connectivity index (χ1v) is 14.1. The van der Waals surface area contributed by atoms with E-state index in [-0.39, 0.29) is 19.1 Å². The number of allylic oxidation sites excluding steroid dienone is 1. The first-order chi connectivity index (χ1) is 20.3. The van der Waals surface area contributed by atoms with Crippen molar-refractivity contribution >= 4 is 34.8 Å². The number of fused-ring (bicyclic) bond motifs is 1. The first kappa shape index (κ1) is 29.2. The predicted octanol–water partition coefficient (Wildman–Crippen LogP) is 4.74. The number of nitrogens with zero attached hydrogens (tertiary/aromatic N) is 4. The number of halogens is 1. The van der Waals surface area contributed by atoms with Crippen molar-refractivity contribution in [3.8, 4) is 0 Å². The summed E-state index contributed by atoms with van der Waals surface area (Å²) in [5.41, 5.74) is 1.89. The van der Waals surface area contributed by atoms with E-state index in [9.17, 15) is 14.7 Å². The van der Waals surface area contributed by atoms with Crippen LogP contribution in [0.3, 0.4) is 0 Å². The molecule has 5 rings (SSSR count). The van der Waals surface area contributed by atoms with Crippen molar-refractivity contribution in [3.63, 3.8) is 0 Å². The van der Waals surface area contributed by atoms with E-state index in [0.717, 1.165) is 11.3 Å². The van der Waals surface area contributed by atoms with E-state index in [1.807, 2.05) is 36.4 Å². The summed E-state index contributed by atoms with van der Waals surface area (Å²) < 4.78 is 1.70. The van der Waals surface area contributed by atoms with Crippen molar-refractivity contribution in [2.75, 3.05) is 16.8 Å². The maximum atomic E-state index is 13.9. The molecular weight excluding hydrogens is 554 g/mol. The molecular formula is C32H32ClN5O4. The number of aliphatic hydroxyl groups is 2. The Morgan fingerprint density at radius 3 is 2.71 bits per heavy atom. The van der Waals surface area contributed by atoms with Crippen LogP contribution in [0.15, 0.2) is 91.1 Å². The zero-order valence-corrected chi connectivity index (χ0v) is 23.9. The highest BCUT2D eigenvalue weighted by atomic mass is 35.5. The molecule has 216 valence electrons. The number of aryl methyl sites for hydroxylation is 1. The lowest BCUT2D eigenvalue weighted by Crippen LogP contribution is -2.44. The summed E-state index contributed by atoms with van der Waals surface area (Å²) in [5, 5.41) is 32.4. The Labute approximate surface area is 249 Å². The van der Waals surface area contributed by atoms with Crippen LogP contribution in [0.2, 0.25) is 5.02 Å². The summed E-state index contributed by atoms with van der Waals surface area (Å²) in [6.45, 7) is 2.59. The van der Waals surface area contributed by atoms with Crippen LogP contribution in [-0.4, -0.2) is 43.6 Å². The maximum absolute atomic E-state index is 13.9. The molecule has 0 spiro atoms. The summed E-state index contributed by atoms with van der Waals surface area (Å²) in [6.07, 6.45) is 6.60. The normalized spacial score (nSPS) is 17.0. The SMILES string of the molecule is C[C@@H](/C=C/CCn1cc(CCO)nn1)[C@]1(O)C(=O)N(Cc2cccc(NC(=O)c3ccccc3)c2)c2ccc(Cl)cc21. The molecule has 10 heteroatoms. The maximum Gasteiger partial charge on any atom is 0.264 e. The highest BCUT2D eigenvalue weighted by Crippen LogP contribution is 2.46. The minimum Gasteiger partial charge on any atom is -0.396 e. The molecule has 2 heterocycles. The molecule has 0 fully saturated rings. The summed E-state index contributed by atoms with van der Waals surface area (Å²) in [5.74, 6) is -1.22. The van der Waals surface area contributed by atoms with Crippen LogP contribution in [0.25, 0.3) is 0 Å². The zero-order valence-electron chi connectivity index (χ0n) is 23.2. The van der Waals surface area contributed by atoms with Gasteiger partial charge in [0.2, 0.25) is 0 Å². The Balaban J connectivity index is 1.32. The summed E-state index contributed by atoms with van der Waals surface area (Å²) in [4.78, 5) is 28.1. The van der Waals surface area contributed by atoms with Crippen LogP contribution >= 0.6 is 11.6 Å². The minimum absolute atomic E-state index is 0.0154. The Bertz CT molecular complexity index is 1610. The number of benzene rings is 3. The second-order valence-corrected chi connectivity index (χ2v) is 10.7. The molecule has 0 unspecified atom stereocenters. The molecule has 1 aliphatic heterocycles. The second kappa shape index (κ2) is 12.7. The molecule has 0 radical (unpaired) electrons.